The number of esters is 1. The van der Waals surface area contributed by atoms with Gasteiger partial charge in [0.15, 0.2) is 0 Å². The van der Waals surface area contributed by atoms with Gasteiger partial charge in [-0.3, -0.25) is 4.79 Å². The molecule has 1 atom stereocenters. The van der Waals surface area contributed by atoms with Gasteiger partial charge in [0, 0.05) is 11.5 Å². The maximum Gasteiger partial charge on any atom is 0.387 e. The fraction of sp³-hybridized carbons (Fsp3) is 0.500. The fourth-order valence-corrected chi connectivity index (χ4v) is 1.94. The zero-order valence-electron chi connectivity index (χ0n) is 11.7. The molecule has 0 saturated carbocycles. The lowest BCUT2D eigenvalue weighted by atomic mass is 9.80. The van der Waals surface area contributed by atoms with Crippen LogP contribution in [-0.4, -0.2) is 25.2 Å². The quantitative estimate of drug-likeness (QED) is 0.817. The van der Waals surface area contributed by atoms with Crippen molar-refractivity contribution in [3.8, 4) is 5.75 Å². The number of ether oxygens (including phenoxy) is 2. The molecule has 1 aromatic carbocycles. The molecule has 1 aromatic rings. The monoisotopic (exact) mass is 287 g/mol. The van der Waals surface area contributed by atoms with Crippen molar-refractivity contribution in [3.05, 3.63) is 29.8 Å². The number of nitrogens with two attached hydrogens (primary N) is 1. The molecule has 20 heavy (non-hydrogen) atoms. The maximum absolute atomic E-state index is 12.1. The average Bonchev–Trinajstić information content (AvgIpc) is 2.34. The van der Waals surface area contributed by atoms with Gasteiger partial charge < -0.3 is 15.2 Å². The first-order valence-electron chi connectivity index (χ1n) is 6.14. The maximum atomic E-state index is 12.1. The SMILES string of the molecule is COC(=O)CC(c1ccc(OC(F)F)cc1)C(C)(C)N. The van der Waals surface area contributed by atoms with Crippen molar-refractivity contribution in [2.45, 2.75) is 38.3 Å². The number of rotatable bonds is 6. The van der Waals surface area contributed by atoms with E-state index >= 15 is 0 Å². The molecule has 112 valence electrons. The molecule has 2 N–H and O–H groups in total. The van der Waals surface area contributed by atoms with Crippen LogP contribution in [0.4, 0.5) is 8.78 Å². The summed E-state index contributed by atoms with van der Waals surface area (Å²) < 4.78 is 33.1. The molecule has 0 heterocycles. The molecule has 0 amide bonds. The number of hydrogen-bond donors (Lipinski definition) is 1. The third kappa shape index (κ3) is 4.77. The predicted molar refractivity (Wildman–Crippen MR) is 70.7 cm³/mol. The number of benzene rings is 1. The Morgan fingerprint density at radius 2 is 1.85 bits per heavy atom. The molecular weight excluding hydrogens is 268 g/mol. The summed E-state index contributed by atoms with van der Waals surface area (Å²) >= 11 is 0. The van der Waals surface area contributed by atoms with E-state index in [-0.39, 0.29) is 24.1 Å². The summed E-state index contributed by atoms with van der Waals surface area (Å²) in [5.74, 6) is -0.590. The van der Waals surface area contributed by atoms with E-state index in [1.165, 1.54) is 19.2 Å². The highest BCUT2D eigenvalue weighted by molar-refractivity contribution is 5.70. The Labute approximate surface area is 116 Å². The summed E-state index contributed by atoms with van der Waals surface area (Å²) in [6, 6.07) is 6.11. The molecule has 0 aliphatic heterocycles. The van der Waals surface area contributed by atoms with Gasteiger partial charge in [-0.25, -0.2) is 0 Å². The van der Waals surface area contributed by atoms with Crippen molar-refractivity contribution >= 4 is 5.97 Å². The third-order valence-electron chi connectivity index (χ3n) is 3.00. The first kappa shape index (κ1) is 16.4. The summed E-state index contributed by atoms with van der Waals surface area (Å²) in [4.78, 5) is 11.5. The highest BCUT2D eigenvalue weighted by atomic mass is 19.3. The van der Waals surface area contributed by atoms with E-state index in [0.29, 0.717) is 0 Å². The minimum Gasteiger partial charge on any atom is -0.469 e. The summed E-state index contributed by atoms with van der Waals surface area (Å²) in [5.41, 5.74) is 6.19. The molecule has 1 unspecified atom stereocenters. The normalized spacial score (nSPS) is 13.2. The van der Waals surface area contributed by atoms with Crippen LogP contribution in [0.25, 0.3) is 0 Å². The van der Waals surface area contributed by atoms with Gasteiger partial charge in [-0.05, 0) is 31.5 Å². The van der Waals surface area contributed by atoms with Crippen molar-refractivity contribution in [1.82, 2.24) is 0 Å². The molecule has 6 heteroatoms. The minimum absolute atomic E-state index is 0.0652. The van der Waals surface area contributed by atoms with Crippen LogP contribution in [0.3, 0.4) is 0 Å². The van der Waals surface area contributed by atoms with E-state index in [1.54, 1.807) is 26.0 Å². The number of hydrogen-bond acceptors (Lipinski definition) is 4. The van der Waals surface area contributed by atoms with E-state index in [0.717, 1.165) is 5.56 Å². The Morgan fingerprint density at radius 3 is 2.25 bits per heavy atom. The van der Waals surface area contributed by atoms with Crippen LogP contribution in [-0.2, 0) is 9.53 Å². The van der Waals surface area contributed by atoms with Crippen LogP contribution in [0, 0.1) is 0 Å². The number of carbonyl (C=O) groups excluding carboxylic acids is 1. The first-order chi connectivity index (χ1) is 9.24. The average molecular weight is 287 g/mol. The lowest BCUT2D eigenvalue weighted by Gasteiger charge is -2.30. The van der Waals surface area contributed by atoms with Crippen molar-refractivity contribution in [3.63, 3.8) is 0 Å². The standard InChI is InChI=1S/C14H19F2NO3/c1-14(2,17)11(8-12(18)19-3)9-4-6-10(7-5-9)20-13(15)16/h4-7,11,13H,8,17H2,1-3H3. The van der Waals surface area contributed by atoms with Crippen molar-refractivity contribution in [2.24, 2.45) is 5.73 Å². The Hall–Kier alpha value is -1.69. The van der Waals surface area contributed by atoms with E-state index in [9.17, 15) is 13.6 Å². The Balaban J connectivity index is 2.94. The van der Waals surface area contributed by atoms with Crippen molar-refractivity contribution in [1.29, 1.82) is 0 Å². The van der Waals surface area contributed by atoms with E-state index in [1.807, 2.05) is 0 Å². The zero-order valence-corrected chi connectivity index (χ0v) is 11.7. The van der Waals surface area contributed by atoms with Gasteiger partial charge in [-0.15, -0.1) is 0 Å². The van der Waals surface area contributed by atoms with Crippen LogP contribution in [0.5, 0.6) is 5.75 Å². The molecule has 0 spiro atoms. The van der Waals surface area contributed by atoms with Crippen LogP contribution in [0.15, 0.2) is 24.3 Å². The second kappa shape index (κ2) is 6.65. The van der Waals surface area contributed by atoms with Crippen molar-refractivity contribution < 1.29 is 23.0 Å². The van der Waals surface area contributed by atoms with Crippen molar-refractivity contribution in [2.75, 3.05) is 7.11 Å². The lowest BCUT2D eigenvalue weighted by molar-refractivity contribution is -0.141. The van der Waals surface area contributed by atoms with Crippen LogP contribution < -0.4 is 10.5 Å². The van der Waals surface area contributed by atoms with Gasteiger partial charge in [-0.2, -0.15) is 8.78 Å². The zero-order chi connectivity index (χ0) is 15.3. The van der Waals surface area contributed by atoms with Gasteiger partial charge >= 0.3 is 12.6 Å². The van der Waals surface area contributed by atoms with Crippen LogP contribution in [0.1, 0.15) is 31.7 Å². The lowest BCUT2D eigenvalue weighted by Crippen LogP contribution is -2.40. The largest absolute Gasteiger partial charge is 0.469 e. The van der Waals surface area contributed by atoms with Gasteiger partial charge in [-0.1, -0.05) is 12.1 Å². The second-order valence-electron chi connectivity index (χ2n) is 5.10. The second-order valence-corrected chi connectivity index (χ2v) is 5.10. The Morgan fingerprint density at radius 1 is 1.30 bits per heavy atom. The molecule has 0 fully saturated rings. The fourth-order valence-electron chi connectivity index (χ4n) is 1.94. The molecule has 0 aliphatic rings. The first-order valence-corrected chi connectivity index (χ1v) is 6.14. The molecule has 0 saturated heterocycles. The Kier molecular flexibility index (Phi) is 5.44. The topological polar surface area (TPSA) is 61.5 Å². The molecule has 0 aliphatic carbocycles. The number of halogens is 2. The molecule has 0 radical (unpaired) electrons. The van der Waals surface area contributed by atoms with Gasteiger partial charge in [0.25, 0.3) is 0 Å². The van der Waals surface area contributed by atoms with Gasteiger partial charge in [0.1, 0.15) is 5.75 Å². The van der Waals surface area contributed by atoms with E-state index in [4.69, 9.17) is 5.73 Å². The number of alkyl halides is 2. The predicted octanol–water partition coefficient (Wildman–Crippen LogP) is 2.67. The molecule has 1 rings (SSSR count). The molecular formula is C14H19F2NO3. The molecule has 0 aromatic heterocycles. The number of methoxy groups -OCH3 is 1. The minimum atomic E-state index is -2.86. The highest BCUT2D eigenvalue weighted by Crippen LogP contribution is 2.31. The van der Waals surface area contributed by atoms with E-state index < -0.39 is 12.2 Å². The van der Waals surface area contributed by atoms with E-state index in [2.05, 4.69) is 9.47 Å². The highest BCUT2D eigenvalue weighted by Gasteiger charge is 2.29. The summed E-state index contributed by atoms with van der Waals surface area (Å²) in [6.07, 6.45) is 0.120. The summed E-state index contributed by atoms with van der Waals surface area (Å²) in [6.45, 7) is 0.728. The Bertz CT molecular complexity index is 441. The smallest absolute Gasteiger partial charge is 0.387 e. The summed E-state index contributed by atoms with van der Waals surface area (Å²) in [7, 11) is 1.31. The van der Waals surface area contributed by atoms with Gasteiger partial charge in [0.2, 0.25) is 0 Å². The molecule has 0 bridgehead atoms. The van der Waals surface area contributed by atoms with Crippen LogP contribution in [0.2, 0.25) is 0 Å². The number of carbonyl (C=O) groups is 1. The molecule has 4 nitrogen and oxygen atoms in total. The van der Waals surface area contributed by atoms with Gasteiger partial charge in [0.05, 0.1) is 13.5 Å². The third-order valence-corrected chi connectivity index (χ3v) is 3.00. The summed E-state index contributed by atoms with van der Waals surface area (Å²) in [5, 5.41) is 0. The van der Waals surface area contributed by atoms with Crippen LogP contribution >= 0.6 is 0 Å².